The van der Waals surface area contributed by atoms with Crippen LogP contribution >= 0.6 is 0 Å². The molecule has 0 radical (unpaired) electrons. The standard InChI is InChI=1S/C12H19NO4.2C2H6/c1-16-11-5-3-4-10(12(11)17-2)13(6-8-14)7-9-15;2*1-2/h3-5,14-15H,6-9H2,1-2H3;2*1-2H3. The first-order valence-corrected chi connectivity index (χ1v) is 7.46. The molecule has 0 aliphatic carbocycles. The molecule has 0 bridgehead atoms. The Morgan fingerprint density at radius 2 is 1.43 bits per heavy atom. The minimum Gasteiger partial charge on any atom is -0.493 e. The fraction of sp³-hybridized carbons (Fsp3) is 0.625. The van der Waals surface area contributed by atoms with Crippen molar-refractivity contribution in [2.75, 3.05) is 45.4 Å². The highest BCUT2D eigenvalue weighted by molar-refractivity contribution is 5.64. The predicted octanol–water partition coefficient (Wildman–Crippen LogP) is 2.55. The molecule has 0 heterocycles. The van der Waals surface area contributed by atoms with Crippen LogP contribution in [0.5, 0.6) is 11.5 Å². The molecule has 0 aliphatic heterocycles. The topological polar surface area (TPSA) is 62.2 Å². The summed E-state index contributed by atoms with van der Waals surface area (Å²) in [5, 5.41) is 18.0. The second-order valence-corrected chi connectivity index (χ2v) is 3.45. The molecule has 0 spiro atoms. The van der Waals surface area contributed by atoms with Crippen LogP contribution in [0.2, 0.25) is 0 Å². The Balaban J connectivity index is 0. The molecular formula is C16H31NO4. The van der Waals surface area contributed by atoms with E-state index in [0.29, 0.717) is 24.6 Å². The van der Waals surface area contributed by atoms with Crippen molar-refractivity contribution in [1.29, 1.82) is 0 Å². The van der Waals surface area contributed by atoms with Gasteiger partial charge in [0.25, 0.3) is 0 Å². The monoisotopic (exact) mass is 301 g/mol. The third-order valence-corrected chi connectivity index (χ3v) is 2.46. The second-order valence-electron chi connectivity index (χ2n) is 3.45. The highest BCUT2D eigenvalue weighted by atomic mass is 16.5. The Bertz CT molecular complexity index is 339. The molecule has 21 heavy (non-hydrogen) atoms. The molecule has 1 rings (SSSR count). The molecule has 5 nitrogen and oxygen atoms in total. The van der Waals surface area contributed by atoms with Gasteiger partial charge in [0.1, 0.15) is 0 Å². The summed E-state index contributed by atoms with van der Waals surface area (Å²) in [7, 11) is 3.14. The zero-order chi connectivity index (χ0) is 16.7. The van der Waals surface area contributed by atoms with Crippen molar-refractivity contribution >= 4 is 5.69 Å². The van der Waals surface area contributed by atoms with Crippen LogP contribution in [-0.2, 0) is 0 Å². The van der Waals surface area contributed by atoms with Gasteiger partial charge in [-0.1, -0.05) is 33.8 Å². The van der Waals surface area contributed by atoms with Gasteiger partial charge in [-0.25, -0.2) is 0 Å². The van der Waals surface area contributed by atoms with E-state index >= 15 is 0 Å². The Hall–Kier alpha value is -1.46. The van der Waals surface area contributed by atoms with Crippen LogP contribution in [0.15, 0.2) is 18.2 Å². The smallest absolute Gasteiger partial charge is 0.184 e. The van der Waals surface area contributed by atoms with Gasteiger partial charge in [-0.3, -0.25) is 0 Å². The van der Waals surface area contributed by atoms with Gasteiger partial charge < -0.3 is 24.6 Å². The lowest BCUT2D eigenvalue weighted by atomic mass is 10.2. The number of rotatable bonds is 7. The van der Waals surface area contributed by atoms with Crippen molar-refractivity contribution in [3.05, 3.63) is 18.2 Å². The quantitative estimate of drug-likeness (QED) is 0.810. The fourth-order valence-electron chi connectivity index (χ4n) is 1.71. The minimum absolute atomic E-state index is 0.0143. The number of aliphatic hydroxyl groups is 2. The van der Waals surface area contributed by atoms with Crippen LogP contribution < -0.4 is 14.4 Å². The van der Waals surface area contributed by atoms with Crippen LogP contribution in [0.1, 0.15) is 27.7 Å². The number of benzene rings is 1. The second kappa shape index (κ2) is 14.9. The molecular weight excluding hydrogens is 270 g/mol. The first kappa shape index (κ1) is 21.8. The molecule has 124 valence electrons. The molecule has 0 fully saturated rings. The Labute approximate surface area is 129 Å². The van der Waals surface area contributed by atoms with Crippen molar-refractivity contribution < 1.29 is 19.7 Å². The van der Waals surface area contributed by atoms with Gasteiger partial charge in [0.2, 0.25) is 0 Å². The molecule has 0 saturated heterocycles. The predicted molar refractivity (Wildman–Crippen MR) is 88.6 cm³/mol. The number of nitrogens with zero attached hydrogens (tertiary/aromatic N) is 1. The van der Waals surface area contributed by atoms with Crippen LogP contribution in [0.25, 0.3) is 0 Å². The summed E-state index contributed by atoms with van der Waals surface area (Å²) in [4.78, 5) is 1.85. The third-order valence-electron chi connectivity index (χ3n) is 2.46. The lowest BCUT2D eigenvalue weighted by Crippen LogP contribution is -2.30. The van der Waals surface area contributed by atoms with E-state index < -0.39 is 0 Å². The van der Waals surface area contributed by atoms with E-state index in [4.69, 9.17) is 19.7 Å². The zero-order valence-electron chi connectivity index (χ0n) is 14.2. The van der Waals surface area contributed by atoms with E-state index in [-0.39, 0.29) is 13.2 Å². The van der Waals surface area contributed by atoms with Gasteiger partial charge in [0.15, 0.2) is 11.5 Å². The SMILES string of the molecule is CC.CC.COc1cccc(N(CCO)CCO)c1OC. The van der Waals surface area contributed by atoms with Crippen molar-refractivity contribution in [1.82, 2.24) is 0 Å². The van der Waals surface area contributed by atoms with Gasteiger partial charge in [-0.15, -0.1) is 0 Å². The molecule has 0 atom stereocenters. The fourth-order valence-corrected chi connectivity index (χ4v) is 1.71. The van der Waals surface area contributed by atoms with Crippen molar-refractivity contribution in [2.45, 2.75) is 27.7 Å². The van der Waals surface area contributed by atoms with E-state index in [1.54, 1.807) is 20.3 Å². The number of ether oxygens (including phenoxy) is 2. The number of methoxy groups -OCH3 is 2. The number of para-hydroxylation sites is 1. The molecule has 0 saturated carbocycles. The maximum absolute atomic E-state index is 9.02. The van der Waals surface area contributed by atoms with Crippen molar-refractivity contribution in [3.8, 4) is 11.5 Å². The number of hydrogen-bond donors (Lipinski definition) is 2. The average Bonchev–Trinajstić information content (AvgIpc) is 2.57. The van der Waals surface area contributed by atoms with E-state index in [9.17, 15) is 0 Å². The molecule has 0 unspecified atom stereocenters. The van der Waals surface area contributed by atoms with Gasteiger partial charge in [-0.2, -0.15) is 0 Å². The summed E-state index contributed by atoms with van der Waals surface area (Å²) in [5.74, 6) is 1.24. The van der Waals surface area contributed by atoms with Crippen LogP contribution in [0.4, 0.5) is 5.69 Å². The summed E-state index contributed by atoms with van der Waals surface area (Å²) < 4.78 is 10.5. The number of hydrogen-bond acceptors (Lipinski definition) is 5. The summed E-state index contributed by atoms with van der Waals surface area (Å²) >= 11 is 0. The molecule has 0 amide bonds. The number of aliphatic hydroxyl groups excluding tert-OH is 2. The summed E-state index contributed by atoms with van der Waals surface area (Å²) in [6.07, 6.45) is 0. The number of anilines is 1. The van der Waals surface area contributed by atoms with E-state index in [2.05, 4.69) is 0 Å². The highest BCUT2D eigenvalue weighted by Gasteiger charge is 2.15. The largest absolute Gasteiger partial charge is 0.493 e. The van der Waals surface area contributed by atoms with Crippen molar-refractivity contribution in [3.63, 3.8) is 0 Å². The van der Waals surface area contributed by atoms with Crippen LogP contribution in [-0.4, -0.2) is 50.7 Å². The molecule has 2 N–H and O–H groups in total. The third kappa shape index (κ3) is 7.20. The molecule has 1 aromatic carbocycles. The first-order chi connectivity index (χ1) is 10.3. The normalized spacial score (nSPS) is 8.76. The first-order valence-electron chi connectivity index (χ1n) is 7.46. The van der Waals surface area contributed by atoms with Gasteiger partial charge in [0, 0.05) is 13.1 Å². The van der Waals surface area contributed by atoms with E-state index in [1.807, 2.05) is 44.7 Å². The lowest BCUT2D eigenvalue weighted by molar-refractivity contribution is 0.280. The Morgan fingerprint density at radius 1 is 0.905 bits per heavy atom. The Morgan fingerprint density at radius 3 is 1.81 bits per heavy atom. The van der Waals surface area contributed by atoms with Gasteiger partial charge in [-0.05, 0) is 12.1 Å². The maximum atomic E-state index is 9.02. The van der Waals surface area contributed by atoms with Gasteiger partial charge in [0.05, 0.1) is 33.1 Å². The minimum atomic E-state index is 0.0143. The van der Waals surface area contributed by atoms with E-state index in [1.165, 1.54) is 0 Å². The summed E-state index contributed by atoms with van der Waals surface area (Å²) in [6.45, 7) is 8.90. The lowest BCUT2D eigenvalue weighted by Gasteiger charge is -2.25. The highest BCUT2D eigenvalue weighted by Crippen LogP contribution is 2.36. The molecule has 0 aliphatic rings. The average molecular weight is 301 g/mol. The summed E-state index contributed by atoms with van der Waals surface area (Å²) in [6, 6.07) is 5.52. The van der Waals surface area contributed by atoms with Gasteiger partial charge >= 0.3 is 0 Å². The van der Waals surface area contributed by atoms with Crippen LogP contribution in [0, 0.1) is 0 Å². The molecule has 0 aromatic heterocycles. The molecule has 5 heteroatoms. The van der Waals surface area contributed by atoms with E-state index in [0.717, 1.165) is 5.69 Å². The van der Waals surface area contributed by atoms with Crippen molar-refractivity contribution in [2.24, 2.45) is 0 Å². The van der Waals surface area contributed by atoms with Crippen LogP contribution in [0.3, 0.4) is 0 Å². The zero-order valence-corrected chi connectivity index (χ0v) is 14.2. The maximum Gasteiger partial charge on any atom is 0.184 e. The molecule has 1 aromatic rings. The Kier molecular flexibility index (Phi) is 15.5. The summed E-state index contributed by atoms with van der Waals surface area (Å²) in [5.41, 5.74) is 0.801.